The number of nitrogens with one attached hydrogen (secondary N) is 1. The number of carbonyl (C=O) groups is 2. The van der Waals surface area contributed by atoms with Crippen molar-refractivity contribution < 1.29 is 27.5 Å². The van der Waals surface area contributed by atoms with Crippen molar-refractivity contribution in [3.8, 4) is 11.5 Å². The minimum atomic E-state index is -3.85. The molecule has 1 aliphatic heterocycles. The van der Waals surface area contributed by atoms with Gasteiger partial charge in [0.1, 0.15) is 25.8 Å². The number of hydrogen-bond donors (Lipinski definition) is 1. The molecule has 1 aliphatic rings. The summed E-state index contributed by atoms with van der Waals surface area (Å²) < 4.78 is 37.9. The fourth-order valence-electron chi connectivity index (χ4n) is 4.14. The molecule has 9 nitrogen and oxygen atoms in total. The Bertz CT molecular complexity index is 1240. The number of amides is 2. The van der Waals surface area contributed by atoms with Crippen LogP contribution in [0.25, 0.3) is 0 Å². The van der Waals surface area contributed by atoms with Crippen LogP contribution in [0.4, 0.5) is 5.69 Å². The lowest BCUT2D eigenvalue weighted by Gasteiger charge is -2.35. The molecule has 37 heavy (non-hydrogen) atoms. The average molecular weight is 532 g/mol. The van der Waals surface area contributed by atoms with E-state index in [2.05, 4.69) is 5.32 Å². The highest BCUT2D eigenvalue weighted by Gasteiger charge is 2.33. The molecule has 0 radical (unpaired) electrons. The summed E-state index contributed by atoms with van der Waals surface area (Å²) in [6.07, 6.45) is 1.41. The lowest BCUT2D eigenvalue weighted by atomic mass is 10.0. The number of rotatable bonds is 9. The summed E-state index contributed by atoms with van der Waals surface area (Å²) in [5.74, 6) is 0.153. The number of fused-ring (bicyclic) bond motifs is 1. The Morgan fingerprint density at radius 2 is 1.70 bits per heavy atom. The number of aryl methyl sites for hydroxylation is 1. The van der Waals surface area contributed by atoms with Crippen LogP contribution in [0.1, 0.15) is 45.2 Å². The lowest BCUT2D eigenvalue weighted by molar-refractivity contribution is -0.141. The van der Waals surface area contributed by atoms with E-state index in [0.717, 1.165) is 21.7 Å². The molecule has 2 aromatic carbocycles. The van der Waals surface area contributed by atoms with Crippen LogP contribution in [0.15, 0.2) is 42.5 Å². The molecule has 0 aromatic heterocycles. The Labute approximate surface area is 219 Å². The molecular formula is C27H37N3O6S. The zero-order chi connectivity index (χ0) is 27.4. The van der Waals surface area contributed by atoms with Gasteiger partial charge in [-0.2, -0.15) is 0 Å². The minimum Gasteiger partial charge on any atom is -0.486 e. The Kier molecular flexibility index (Phi) is 8.73. The predicted octanol–water partition coefficient (Wildman–Crippen LogP) is 3.25. The van der Waals surface area contributed by atoms with Crippen molar-refractivity contribution in [3.05, 3.63) is 53.6 Å². The third-order valence-electron chi connectivity index (χ3n) is 5.98. The summed E-state index contributed by atoms with van der Waals surface area (Å²) in [5.41, 5.74) is 1.63. The van der Waals surface area contributed by atoms with Gasteiger partial charge in [0.25, 0.3) is 0 Å². The van der Waals surface area contributed by atoms with Gasteiger partial charge in [0, 0.05) is 18.2 Å². The SMILES string of the molecule is CC[C@@H](C(=O)NC(C)(C)C)N(Cc1ccccc1C)C(=O)CN(c1ccc2c(c1)OCCO2)S(C)(=O)=O. The number of benzene rings is 2. The van der Waals surface area contributed by atoms with Crippen LogP contribution in [0.3, 0.4) is 0 Å². The standard InChI is InChI=1S/C27H37N3O6S/c1-7-22(26(32)28-27(3,4)5)29(17-20-11-9-8-10-19(20)2)25(31)18-30(37(6,33)34)21-12-13-23-24(16-21)36-15-14-35-23/h8-13,16,22H,7,14-15,17-18H2,1-6H3,(H,28,32)/t22-/m0/s1. The van der Waals surface area contributed by atoms with E-state index in [0.29, 0.717) is 31.1 Å². The highest BCUT2D eigenvalue weighted by molar-refractivity contribution is 7.92. The maximum absolute atomic E-state index is 13.8. The highest BCUT2D eigenvalue weighted by Crippen LogP contribution is 2.34. The largest absolute Gasteiger partial charge is 0.486 e. The Morgan fingerprint density at radius 3 is 2.30 bits per heavy atom. The molecule has 2 aromatic rings. The predicted molar refractivity (Wildman–Crippen MR) is 143 cm³/mol. The number of ether oxygens (including phenoxy) is 2. The summed E-state index contributed by atoms with van der Waals surface area (Å²) in [6, 6.07) is 11.6. The van der Waals surface area contributed by atoms with E-state index in [1.54, 1.807) is 18.2 Å². The third kappa shape index (κ3) is 7.38. The number of carbonyl (C=O) groups excluding carboxylic acids is 2. The quantitative estimate of drug-likeness (QED) is 0.533. The van der Waals surface area contributed by atoms with E-state index < -0.39 is 34.1 Å². The first-order chi connectivity index (χ1) is 17.3. The van der Waals surface area contributed by atoms with E-state index in [-0.39, 0.29) is 18.1 Å². The van der Waals surface area contributed by atoms with E-state index in [1.807, 2.05) is 58.9 Å². The second kappa shape index (κ2) is 11.4. The van der Waals surface area contributed by atoms with Crippen LogP contribution in [-0.4, -0.2) is 62.7 Å². The van der Waals surface area contributed by atoms with Crippen LogP contribution in [0, 0.1) is 6.92 Å². The van der Waals surface area contributed by atoms with Gasteiger partial charge in [-0.15, -0.1) is 0 Å². The Hall–Kier alpha value is -3.27. The molecule has 0 bridgehead atoms. The fourth-order valence-corrected chi connectivity index (χ4v) is 4.99. The highest BCUT2D eigenvalue weighted by atomic mass is 32.2. The van der Waals surface area contributed by atoms with Crippen molar-refractivity contribution in [1.29, 1.82) is 0 Å². The Morgan fingerprint density at radius 1 is 1.05 bits per heavy atom. The molecule has 0 fully saturated rings. The summed E-state index contributed by atoms with van der Waals surface area (Å²) in [4.78, 5) is 28.6. The molecule has 202 valence electrons. The summed E-state index contributed by atoms with van der Waals surface area (Å²) >= 11 is 0. The maximum Gasteiger partial charge on any atom is 0.244 e. The normalized spacial score (nSPS) is 14.0. The van der Waals surface area contributed by atoms with Crippen molar-refractivity contribution >= 4 is 27.5 Å². The topological polar surface area (TPSA) is 105 Å². The summed E-state index contributed by atoms with van der Waals surface area (Å²) in [7, 11) is -3.85. The van der Waals surface area contributed by atoms with Crippen molar-refractivity contribution in [3.63, 3.8) is 0 Å². The van der Waals surface area contributed by atoms with Gasteiger partial charge in [0.15, 0.2) is 11.5 Å². The molecule has 0 saturated carbocycles. The maximum atomic E-state index is 13.8. The van der Waals surface area contributed by atoms with Crippen molar-refractivity contribution in [2.24, 2.45) is 0 Å². The van der Waals surface area contributed by atoms with E-state index >= 15 is 0 Å². The van der Waals surface area contributed by atoms with Gasteiger partial charge >= 0.3 is 0 Å². The molecule has 1 N–H and O–H groups in total. The smallest absolute Gasteiger partial charge is 0.244 e. The van der Waals surface area contributed by atoms with Gasteiger partial charge < -0.3 is 19.7 Å². The zero-order valence-electron chi connectivity index (χ0n) is 22.4. The molecule has 2 amide bonds. The molecule has 0 unspecified atom stereocenters. The zero-order valence-corrected chi connectivity index (χ0v) is 23.2. The number of sulfonamides is 1. The fraction of sp³-hybridized carbons (Fsp3) is 0.481. The molecule has 1 heterocycles. The monoisotopic (exact) mass is 531 g/mol. The first-order valence-corrected chi connectivity index (χ1v) is 14.2. The van der Waals surface area contributed by atoms with E-state index in [9.17, 15) is 18.0 Å². The van der Waals surface area contributed by atoms with Gasteiger partial charge in [-0.05, 0) is 57.4 Å². The first-order valence-electron chi connectivity index (χ1n) is 12.3. The lowest BCUT2D eigenvalue weighted by Crippen LogP contribution is -2.55. The average Bonchev–Trinajstić information content (AvgIpc) is 2.81. The van der Waals surface area contributed by atoms with Crippen molar-refractivity contribution in [1.82, 2.24) is 10.2 Å². The van der Waals surface area contributed by atoms with Gasteiger partial charge in [0.2, 0.25) is 21.8 Å². The van der Waals surface area contributed by atoms with Crippen molar-refractivity contribution in [2.45, 2.75) is 59.2 Å². The summed E-state index contributed by atoms with van der Waals surface area (Å²) in [6.45, 7) is 9.84. The van der Waals surface area contributed by atoms with Crippen LogP contribution in [-0.2, 0) is 26.2 Å². The van der Waals surface area contributed by atoms with Crippen LogP contribution in [0.2, 0.25) is 0 Å². The van der Waals surface area contributed by atoms with E-state index in [4.69, 9.17) is 9.47 Å². The van der Waals surface area contributed by atoms with Crippen LogP contribution >= 0.6 is 0 Å². The van der Waals surface area contributed by atoms with Crippen LogP contribution < -0.4 is 19.1 Å². The summed E-state index contributed by atoms with van der Waals surface area (Å²) in [5, 5.41) is 2.96. The number of nitrogens with zero attached hydrogens (tertiary/aromatic N) is 2. The first kappa shape index (κ1) is 28.3. The van der Waals surface area contributed by atoms with Gasteiger partial charge in [0.05, 0.1) is 11.9 Å². The molecule has 1 atom stereocenters. The molecule has 0 spiro atoms. The second-order valence-electron chi connectivity index (χ2n) is 10.2. The molecular weight excluding hydrogens is 494 g/mol. The van der Waals surface area contributed by atoms with Crippen molar-refractivity contribution in [2.75, 3.05) is 30.3 Å². The molecule has 0 saturated heterocycles. The number of hydrogen-bond acceptors (Lipinski definition) is 6. The van der Waals surface area contributed by atoms with Gasteiger partial charge in [-0.1, -0.05) is 31.2 Å². The number of anilines is 1. The third-order valence-corrected chi connectivity index (χ3v) is 7.12. The molecule has 0 aliphatic carbocycles. The van der Waals surface area contributed by atoms with E-state index in [1.165, 1.54) is 4.90 Å². The molecule has 10 heteroatoms. The van der Waals surface area contributed by atoms with Gasteiger partial charge in [-0.25, -0.2) is 8.42 Å². The minimum absolute atomic E-state index is 0.167. The Balaban J connectivity index is 1.98. The second-order valence-corrected chi connectivity index (χ2v) is 12.1. The van der Waals surface area contributed by atoms with Crippen LogP contribution in [0.5, 0.6) is 11.5 Å². The van der Waals surface area contributed by atoms with Gasteiger partial charge in [-0.3, -0.25) is 13.9 Å². The molecule has 3 rings (SSSR count).